The monoisotopic (exact) mass is 347 g/mol. The van der Waals surface area contributed by atoms with Crippen molar-refractivity contribution in [1.82, 2.24) is 14.9 Å². The zero-order chi connectivity index (χ0) is 17.2. The van der Waals surface area contributed by atoms with Crippen LogP contribution in [0.4, 0.5) is 17.6 Å². The minimum Gasteiger partial charge on any atom is -0.335 e. The van der Waals surface area contributed by atoms with Gasteiger partial charge < -0.3 is 4.90 Å². The molecule has 0 aromatic carbocycles. The first-order valence-corrected chi connectivity index (χ1v) is 7.33. The average Bonchev–Trinajstić information content (AvgIpc) is 2.88. The Labute approximate surface area is 133 Å². The van der Waals surface area contributed by atoms with Gasteiger partial charge in [0.05, 0.1) is 12.2 Å². The van der Waals surface area contributed by atoms with Crippen molar-refractivity contribution < 1.29 is 22.4 Å². The Morgan fingerprint density at radius 1 is 1.43 bits per heavy atom. The minimum atomic E-state index is -4.25. The Hall–Kier alpha value is -2.03. The third kappa shape index (κ3) is 3.84. The molecule has 0 aliphatic rings. The number of aromatic nitrogens is 2. The van der Waals surface area contributed by atoms with Crippen LogP contribution < -0.4 is 0 Å². The van der Waals surface area contributed by atoms with Crippen molar-refractivity contribution in [2.75, 3.05) is 13.6 Å². The van der Waals surface area contributed by atoms with Crippen molar-refractivity contribution >= 4 is 17.2 Å². The summed E-state index contributed by atoms with van der Waals surface area (Å²) in [4.78, 5) is 21.1. The van der Waals surface area contributed by atoms with E-state index in [-0.39, 0.29) is 4.88 Å². The highest BCUT2D eigenvalue weighted by Crippen LogP contribution is 2.29. The summed E-state index contributed by atoms with van der Waals surface area (Å²) in [6, 6.07) is 3.44. The lowest BCUT2D eigenvalue weighted by Gasteiger charge is -2.22. The third-order valence-electron chi connectivity index (χ3n) is 3.01. The fourth-order valence-electron chi connectivity index (χ4n) is 1.84. The van der Waals surface area contributed by atoms with Gasteiger partial charge in [-0.05, 0) is 19.1 Å². The Balaban J connectivity index is 2.22. The van der Waals surface area contributed by atoms with Gasteiger partial charge in [-0.25, -0.2) is 13.8 Å². The molecule has 0 aliphatic heterocycles. The van der Waals surface area contributed by atoms with Gasteiger partial charge in [-0.1, -0.05) is 0 Å². The summed E-state index contributed by atoms with van der Waals surface area (Å²) in [7, 11) is 1.06. The molecule has 0 spiro atoms. The van der Waals surface area contributed by atoms with Gasteiger partial charge in [0.2, 0.25) is 0 Å². The van der Waals surface area contributed by atoms with Crippen molar-refractivity contribution in [3.05, 3.63) is 35.1 Å². The standard InChI is InChI=1S/C14H13F4N3OS/c1-8-10(12(22)21(2)7-14(17,18)13(15)16)23-11(20-8)9-4-3-5-19-6-9/h3-6,13H,7H2,1-2H3. The Morgan fingerprint density at radius 2 is 2.13 bits per heavy atom. The van der Waals surface area contributed by atoms with Crippen molar-refractivity contribution in [2.24, 2.45) is 0 Å². The van der Waals surface area contributed by atoms with Crippen molar-refractivity contribution in [2.45, 2.75) is 19.3 Å². The van der Waals surface area contributed by atoms with Crippen molar-refractivity contribution in [3.63, 3.8) is 0 Å². The van der Waals surface area contributed by atoms with Gasteiger partial charge in [0.25, 0.3) is 5.91 Å². The number of carbonyl (C=O) groups is 1. The van der Waals surface area contributed by atoms with E-state index in [4.69, 9.17) is 0 Å². The van der Waals surface area contributed by atoms with E-state index in [1.807, 2.05) is 0 Å². The Kier molecular flexibility index (Phi) is 4.98. The van der Waals surface area contributed by atoms with E-state index in [2.05, 4.69) is 9.97 Å². The molecule has 1 amide bonds. The van der Waals surface area contributed by atoms with Crippen LogP contribution >= 0.6 is 11.3 Å². The molecule has 0 aliphatic carbocycles. The van der Waals surface area contributed by atoms with E-state index < -0.39 is 24.8 Å². The first kappa shape index (κ1) is 17.3. The second-order valence-electron chi connectivity index (χ2n) is 4.90. The molecule has 2 aromatic rings. The number of rotatable bonds is 5. The predicted octanol–water partition coefficient (Wildman–Crippen LogP) is 3.49. The van der Waals surface area contributed by atoms with E-state index in [1.165, 1.54) is 0 Å². The second-order valence-corrected chi connectivity index (χ2v) is 5.90. The molecular formula is C14H13F4N3OS. The van der Waals surface area contributed by atoms with Crippen molar-refractivity contribution in [1.29, 1.82) is 0 Å². The number of pyridine rings is 1. The first-order chi connectivity index (χ1) is 10.7. The van der Waals surface area contributed by atoms with Crippen LogP contribution in [0.25, 0.3) is 10.6 Å². The number of nitrogens with zero attached hydrogens (tertiary/aromatic N) is 3. The molecule has 4 nitrogen and oxygen atoms in total. The molecule has 2 rings (SSSR count). The molecule has 0 fully saturated rings. The third-order valence-corrected chi connectivity index (χ3v) is 4.21. The van der Waals surface area contributed by atoms with Gasteiger partial charge in [-0.15, -0.1) is 11.3 Å². The predicted molar refractivity (Wildman–Crippen MR) is 78.0 cm³/mol. The van der Waals surface area contributed by atoms with Crippen molar-refractivity contribution in [3.8, 4) is 10.6 Å². The smallest absolute Gasteiger partial charge is 0.324 e. The minimum absolute atomic E-state index is 0.136. The molecule has 0 unspecified atom stereocenters. The second kappa shape index (κ2) is 6.61. The molecular weight excluding hydrogens is 334 g/mol. The van der Waals surface area contributed by atoms with Crippen LogP contribution in [0.2, 0.25) is 0 Å². The number of hydrogen-bond acceptors (Lipinski definition) is 4. The average molecular weight is 347 g/mol. The number of amides is 1. The fourth-order valence-corrected chi connectivity index (χ4v) is 2.89. The van der Waals surface area contributed by atoms with Gasteiger partial charge >= 0.3 is 12.3 Å². The molecule has 0 N–H and O–H groups in total. The lowest BCUT2D eigenvalue weighted by atomic mass is 10.3. The maximum Gasteiger partial charge on any atom is 0.324 e. The van der Waals surface area contributed by atoms with E-state index in [0.717, 1.165) is 18.4 Å². The normalized spacial score (nSPS) is 11.8. The summed E-state index contributed by atoms with van der Waals surface area (Å²) in [5.74, 6) is -5.02. The Bertz CT molecular complexity index is 691. The first-order valence-electron chi connectivity index (χ1n) is 6.51. The van der Waals surface area contributed by atoms with Crippen LogP contribution in [-0.4, -0.2) is 46.7 Å². The lowest BCUT2D eigenvalue weighted by molar-refractivity contribution is -0.135. The molecule has 0 saturated heterocycles. The van der Waals surface area contributed by atoms with Gasteiger partial charge in [0, 0.05) is 25.0 Å². The van der Waals surface area contributed by atoms with Crippen LogP contribution in [0, 0.1) is 6.92 Å². The van der Waals surface area contributed by atoms with Crippen LogP contribution in [0.5, 0.6) is 0 Å². The highest BCUT2D eigenvalue weighted by molar-refractivity contribution is 7.17. The maximum atomic E-state index is 13.1. The summed E-state index contributed by atoms with van der Waals surface area (Å²) < 4.78 is 50.6. The molecule has 2 heterocycles. The Morgan fingerprint density at radius 3 is 2.70 bits per heavy atom. The van der Waals surface area contributed by atoms with Crippen LogP contribution in [0.3, 0.4) is 0 Å². The van der Waals surface area contributed by atoms with E-state index in [0.29, 0.717) is 21.2 Å². The summed E-state index contributed by atoms with van der Waals surface area (Å²) >= 11 is 1.01. The highest BCUT2D eigenvalue weighted by atomic mass is 32.1. The lowest BCUT2D eigenvalue weighted by Crippen LogP contribution is -2.42. The quantitative estimate of drug-likeness (QED) is 0.778. The van der Waals surface area contributed by atoms with Crippen LogP contribution in [0.15, 0.2) is 24.5 Å². The van der Waals surface area contributed by atoms with Gasteiger partial charge in [0.15, 0.2) is 0 Å². The fraction of sp³-hybridized carbons (Fsp3) is 0.357. The SMILES string of the molecule is Cc1nc(-c2cccnc2)sc1C(=O)N(C)CC(F)(F)C(F)F. The van der Waals surface area contributed by atoms with E-state index in [9.17, 15) is 22.4 Å². The summed E-state index contributed by atoms with van der Waals surface area (Å²) in [6.45, 7) is 0.200. The summed E-state index contributed by atoms with van der Waals surface area (Å²) in [5, 5.41) is 0.507. The molecule has 0 bridgehead atoms. The van der Waals surface area contributed by atoms with Gasteiger partial charge in [-0.3, -0.25) is 9.78 Å². The number of alkyl halides is 4. The molecule has 23 heavy (non-hydrogen) atoms. The number of carbonyl (C=O) groups excluding carboxylic acids is 1. The molecule has 124 valence electrons. The number of halogens is 4. The van der Waals surface area contributed by atoms with E-state index >= 15 is 0 Å². The van der Waals surface area contributed by atoms with Gasteiger partial charge in [0.1, 0.15) is 9.88 Å². The number of aryl methyl sites for hydroxylation is 1. The zero-order valence-electron chi connectivity index (χ0n) is 12.3. The van der Waals surface area contributed by atoms with Crippen LogP contribution in [0.1, 0.15) is 15.4 Å². The summed E-state index contributed by atoms with van der Waals surface area (Å²) in [6.07, 6.45) is -0.691. The highest BCUT2D eigenvalue weighted by Gasteiger charge is 2.43. The number of thiazole rings is 1. The zero-order valence-corrected chi connectivity index (χ0v) is 13.1. The topological polar surface area (TPSA) is 46.1 Å². The molecule has 2 aromatic heterocycles. The van der Waals surface area contributed by atoms with Crippen LogP contribution in [-0.2, 0) is 0 Å². The van der Waals surface area contributed by atoms with E-state index in [1.54, 1.807) is 31.5 Å². The molecule has 0 atom stereocenters. The molecule has 0 saturated carbocycles. The summed E-state index contributed by atoms with van der Waals surface area (Å²) in [5.41, 5.74) is 1.03. The molecule has 0 radical (unpaired) electrons. The number of hydrogen-bond donors (Lipinski definition) is 0. The largest absolute Gasteiger partial charge is 0.335 e. The molecule has 9 heteroatoms. The van der Waals surface area contributed by atoms with Gasteiger partial charge in [-0.2, -0.15) is 8.78 Å². The maximum absolute atomic E-state index is 13.1.